The highest BCUT2D eigenvalue weighted by Crippen LogP contribution is 2.22. The van der Waals surface area contributed by atoms with Crippen LogP contribution in [-0.4, -0.2) is 37.5 Å². The van der Waals surface area contributed by atoms with Gasteiger partial charge in [-0.05, 0) is 29.4 Å². The molecule has 144 valence electrons. The Labute approximate surface area is 155 Å². The van der Waals surface area contributed by atoms with E-state index in [0.29, 0.717) is 13.0 Å². The molecular formula is C20H30N2O4. The molecule has 6 nitrogen and oxygen atoms in total. The van der Waals surface area contributed by atoms with Crippen molar-refractivity contribution in [1.29, 1.82) is 0 Å². The molecule has 0 aliphatic carbocycles. The van der Waals surface area contributed by atoms with E-state index in [-0.39, 0.29) is 30.9 Å². The van der Waals surface area contributed by atoms with Crippen LogP contribution in [0, 0.1) is 0 Å². The second-order valence-corrected chi connectivity index (χ2v) is 7.23. The summed E-state index contributed by atoms with van der Waals surface area (Å²) in [6.07, 6.45) is 1.60. The molecule has 0 heterocycles. The SMILES string of the molecule is CCCNC(=O)CNC(=O)COC(=O)CCc1ccc(C(C)(C)C)cc1. The Hall–Kier alpha value is -2.37. The minimum atomic E-state index is -0.487. The van der Waals surface area contributed by atoms with Crippen LogP contribution in [0.1, 0.15) is 51.7 Å². The molecule has 6 heteroatoms. The maximum atomic E-state index is 11.7. The van der Waals surface area contributed by atoms with Gasteiger partial charge in [0.25, 0.3) is 5.91 Å². The first-order chi connectivity index (χ1) is 12.2. The van der Waals surface area contributed by atoms with Crippen molar-refractivity contribution in [2.45, 2.75) is 52.4 Å². The smallest absolute Gasteiger partial charge is 0.306 e. The van der Waals surface area contributed by atoms with Crippen LogP contribution >= 0.6 is 0 Å². The number of esters is 1. The quantitative estimate of drug-likeness (QED) is 0.659. The van der Waals surface area contributed by atoms with Crippen molar-refractivity contribution >= 4 is 17.8 Å². The fourth-order valence-electron chi connectivity index (χ4n) is 2.19. The average molecular weight is 362 g/mol. The highest BCUT2D eigenvalue weighted by molar-refractivity contribution is 5.86. The number of amides is 2. The molecule has 0 fully saturated rings. The zero-order valence-corrected chi connectivity index (χ0v) is 16.2. The average Bonchev–Trinajstić information content (AvgIpc) is 2.60. The monoisotopic (exact) mass is 362 g/mol. The molecule has 0 spiro atoms. The predicted octanol–water partition coefficient (Wildman–Crippen LogP) is 2.10. The number of benzene rings is 1. The summed E-state index contributed by atoms with van der Waals surface area (Å²) in [5, 5.41) is 5.06. The van der Waals surface area contributed by atoms with Crippen molar-refractivity contribution in [1.82, 2.24) is 10.6 Å². The number of hydrogen-bond acceptors (Lipinski definition) is 4. The molecule has 0 bridgehead atoms. The Morgan fingerprint density at radius 1 is 1.00 bits per heavy atom. The summed E-state index contributed by atoms with van der Waals surface area (Å²) in [5.74, 6) is -1.18. The molecular weight excluding hydrogens is 332 g/mol. The van der Waals surface area contributed by atoms with Gasteiger partial charge >= 0.3 is 5.97 Å². The van der Waals surface area contributed by atoms with Crippen molar-refractivity contribution in [3.8, 4) is 0 Å². The lowest BCUT2D eigenvalue weighted by Crippen LogP contribution is -2.38. The Bertz CT molecular complexity index is 603. The van der Waals surface area contributed by atoms with Gasteiger partial charge in [0, 0.05) is 13.0 Å². The number of hydrogen-bond donors (Lipinski definition) is 2. The van der Waals surface area contributed by atoms with Crippen molar-refractivity contribution < 1.29 is 19.1 Å². The third-order valence-corrected chi connectivity index (χ3v) is 3.82. The number of carbonyl (C=O) groups excluding carboxylic acids is 3. The molecule has 2 amide bonds. The molecule has 0 radical (unpaired) electrons. The Morgan fingerprint density at radius 3 is 2.23 bits per heavy atom. The molecule has 1 aromatic rings. The topological polar surface area (TPSA) is 84.5 Å². The number of nitrogens with one attached hydrogen (secondary N) is 2. The summed E-state index contributed by atoms with van der Waals surface area (Å²) in [6.45, 7) is 8.48. The van der Waals surface area contributed by atoms with Crippen LogP contribution in [0.3, 0.4) is 0 Å². The largest absolute Gasteiger partial charge is 0.456 e. The summed E-state index contributed by atoms with van der Waals surface area (Å²) < 4.78 is 4.93. The number of rotatable bonds is 9. The number of aryl methyl sites for hydroxylation is 1. The fourth-order valence-corrected chi connectivity index (χ4v) is 2.19. The Kier molecular flexibility index (Phi) is 8.82. The molecule has 26 heavy (non-hydrogen) atoms. The van der Waals surface area contributed by atoms with Gasteiger partial charge in [-0.2, -0.15) is 0 Å². The number of ether oxygens (including phenoxy) is 1. The minimum absolute atomic E-state index is 0.0955. The van der Waals surface area contributed by atoms with Gasteiger partial charge < -0.3 is 15.4 Å². The van der Waals surface area contributed by atoms with E-state index in [9.17, 15) is 14.4 Å². The van der Waals surface area contributed by atoms with Crippen molar-refractivity contribution in [3.63, 3.8) is 0 Å². The summed E-state index contributed by atoms with van der Waals surface area (Å²) in [4.78, 5) is 34.7. The summed E-state index contributed by atoms with van der Waals surface area (Å²) in [7, 11) is 0. The summed E-state index contributed by atoms with van der Waals surface area (Å²) in [6, 6.07) is 8.15. The standard InChI is InChI=1S/C20H30N2O4/c1-5-12-21-17(23)13-22-18(24)14-26-19(25)11-8-15-6-9-16(10-7-15)20(2,3)4/h6-7,9-10H,5,8,11-14H2,1-4H3,(H,21,23)(H,22,24). The van der Waals surface area contributed by atoms with E-state index < -0.39 is 11.9 Å². The Morgan fingerprint density at radius 2 is 1.65 bits per heavy atom. The van der Waals surface area contributed by atoms with Gasteiger partial charge in [0.1, 0.15) is 0 Å². The van der Waals surface area contributed by atoms with Crippen LogP contribution in [0.4, 0.5) is 0 Å². The lowest BCUT2D eigenvalue weighted by atomic mass is 9.86. The minimum Gasteiger partial charge on any atom is -0.456 e. The van der Waals surface area contributed by atoms with Crippen LogP contribution in [0.2, 0.25) is 0 Å². The van der Waals surface area contributed by atoms with E-state index in [1.54, 1.807) is 0 Å². The van der Waals surface area contributed by atoms with E-state index in [4.69, 9.17) is 4.74 Å². The van der Waals surface area contributed by atoms with Crippen LogP contribution < -0.4 is 10.6 Å². The fraction of sp³-hybridized carbons (Fsp3) is 0.550. The van der Waals surface area contributed by atoms with E-state index in [1.807, 2.05) is 19.1 Å². The lowest BCUT2D eigenvalue weighted by Gasteiger charge is -2.19. The third-order valence-electron chi connectivity index (χ3n) is 3.82. The van der Waals surface area contributed by atoms with Crippen LogP contribution in [0.5, 0.6) is 0 Å². The number of carbonyl (C=O) groups is 3. The zero-order valence-electron chi connectivity index (χ0n) is 16.2. The molecule has 0 aliphatic heterocycles. The predicted molar refractivity (Wildman–Crippen MR) is 101 cm³/mol. The van der Waals surface area contributed by atoms with Crippen LogP contribution in [0.15, 0.2) is 24.3 Å². The van der Waals surface area contributed by atoms with Crippen molar-refractivity contribution in [3.05, 3.63) is 35.4 Å². The lowest BCUT2D eigenvalue weighted by molar-refractivity contribution is -0.148. The molecule has 2 N–H and O–H groups in total. The second-order valence-electron chi connectivity index (χ2n) is 7.23. The van der Waals surface area contributed by atoms with Crippen LogP contribution in [-0.2, 0) is 31.0 Å². The van der Waals surface area contributed by atoms with Gasteiger partial charge in [0.2, 0.25) is 5.91 Å². The highest BCUT2D eigenvalue weighted by atomic mass is 16.5. The molecule has 1 aromatic carbocycles. The molecule has 0 saturated heterocycles. The molecule has 0 unspecified atom stereocenters. The van der Waals surface area contributed by atoms with Gasteiger partial charge in [-0.3, -0.25) is 14.4 Å². The van der Waals surface area contributed by atoms with Crippen LogP contribution in [0.25, 0.3) is 0 Å². The normalized spacial score (nSPS) is 10.9. The molecule has 1 rings (SSSR count). The third kappa shape index (κ3) is 8.65. The highest BCUT2D eigenvalue weighted by Gasteiger charge is 2.13. The first-order valence-electron chi connectivity index (χ1n) is 9.00. The zero-order chi connectivity index (χ0) is 19.6. The molecule has 0 saturated carbocycles. The van der Waals surface area contributed by atoms with E-state index in [2.05, 4.69) is 43.5 Å². The maximum absolute atomic E-state index is 11.7. The van der Waals surface area contributed by atoms with Gasteiger partial charge in [0.15, 0.2) is 6.61 Å². The first kappa shape index (κ1) is 21.7. The van der Waals surface area contributed by atoms with Gasteiger partial charge in [-0.25, -0.2) is 0 Å². The molecule has 0 aromatic heterocycles. The van der Waals surface area contributed by atoms with Gasteiger partial charge in [0.05, 0.1) is 6.54 Å². The summed E-state index contributed by atoms with van der Waals surface area (Å²) >= 11 is 0. The van der Waals surface area contributed by atoms with Crippen molar-refractivity contribution in [2.75, 3.05) is 19.7 Å². The second kappa shape index (κ2) is 10.6. The first-order valence-corrected chi connectivity index (χ1v) is 9.00. The van der Waals surface area contributed by atoms with Gasteiger partial charge in [-0.1, -0.05) is 52.0 Å². The van der Waals surface area contributed by atoms with E-state index in [1.165, 1.54) is 5.56 Å². The Balaban J connectivity index is 2.26. The van der Waals surface area contributed by atoms with E-state index in [0.717, 1.165) is 12.0 Å². The summed E-state index contributed by atoms with van der Waals surface area (Å²) in [5.41, 5.74) is 2.38. The maximum Gasteiger partial charge on any atom is 0.306 e. The molecule has 0 atom stereocenters. The van der Waals surface area contributed by atoms with Crippen molar-refractivity contribution in [2.24, 2.45) is 0 Å². The molecule has 0 aliphatic rings. The van der Waals surface area contributed by atoms with E-state index >= 15 is 0 Å². The van der Waals surface area contributed by atoms with Gasteiger partial charge in [-0.15, -0.1) is 0 Å².